The van der Waals surface area contributed by atoms with Crippen molar-refractivity contribution in [1.29, 1.82) is 0 Å². The number of amides is 1. The zero-order valence-corrected chi connectivity index (χ0v) is 14.5. The topological polar surface area (TPSA) is 52.6 Å². The van der Waals surface area contributed by atoms with Crippen LogP contribution in [0, 0.1) is 5.92 Å². The number of hydrogen-bond donors (Lipinski definition) is 2. The number of nitrogens with zero attached hydrogens (tertiary/aromatic N) is 1. The van der Waals surface area contributed by atoms with Crippen molar-refractivity contribution in [2.75, 3.05) is 13.1 Å². The van der Waals surface area contributed by atoms with Gasteiger partial charge in [-0.05, 0) is 50.8 Å². The molecule has 0 bridgehead atoms. The molecule has 124 valence electrons. The Morgan fingerprint density at radius 1 is 1.14 bits per heavy atom. The van der Waals surface area contributed by atoms with Crippen molar-refractivity contribution in [3.05, 3.63) is 29.8 Å². The minimum absolute atomic E-state index is 0.0700. The maximum atomic E-state index is 12.2. The first-order valence-electron chi connectivity index (χ1n) is 8.09. The Hall–Kier alpha value is -1.55. The SMILES string of the molecule is CC(C)CN(CC(=O)N[C@@H](C)Cc1ccc(O)cc1)C(C)C. The van der Waals surface area contributed by atoms with E-state index >= 15 is 0 Å². The van der Waals surface area contributed by atoms with Gasteiger partial charge in [-0.3, -0.25) is 9.69 Å². The van der Waals surface area contributed by atoms with Crippen molar-refractivity contribution in [2.45, 2.75) is 53.1 Å². The molecule has 2 N–H and O–H groups in total. The third-order valence-corrected chi connectivity index (χ3v) is 3.56. The Morgan fingerprint density at radius 3 is 2.23 bits per heavy atom. The summed E-state index contributed by atoms with van der Waals surface area (Å²) in [4.78, 5) is 14.4. The molecule has 0 radical (unpaired) electrons. The Balaban J connectivity index is 2.47. The molecule has 0 saturated heterocycles. The van der Waals surface area contributed by atoms with Crippen LogP contribution in [-0.2, 0) is 11.2 Å². The highest BCUT2D eigenvalue weighted by molar-refractivity contribution is 5.78. The predicted octanol–water partition coefficient (Wildman–Crippen LogP) is 2.81. The van der Waals surface area contributed by atoms with Crippen LogP contribution in [0.15, 0.2) is 24.3 Å². The van der Waals surface area contributed by atoms with E-state index in [-0.39, 0.29) is 17.7 Å². The van der Waals surface area contributed by atoms with Crippen LogP contribution in [-0.4, -0.2) is 41.1 Å². The second-order valence-corrected chi connectivity index (χ2v) is 6.76. The number of rotatable bonds is 8. The van der Waals surface area contributed by atoms with Crippen molar-refractivity contribution in [1.82, 2.24) is 10.2 Å². The normalized spacial score (nSPS) is 12.9. The quantitative estimate of drug-likeness (QED) is 0.776. The van der Waals surface area contributed by atoms with E-state index in [0.717, 1.165) is 18.5 Å². The van der Waals surface area contributed by atoms with Gasteiger partial charge in [0.2, 0.25) is 5.91 Å². The molecule has 0 aliphatic heterocycles. The largest absolute Gasteiger partial charge is 0.508 e. The summed E-state index contributed by atoms with van der Waals surface area (Å²) in [5, 5.41) is 12.3. The Morgan fingerprint density at radius 2 is 1.73 bits per heavy atom. The van der Waals surface area contributed by atoms with Crippen LogP contribution >= 0.6 is 0 Å². The van der Waals surface area contributed by atoms with E-state index in [9.17, 15) is 9.90 Å². The van der Waals surface area contributed by atoms with Gasteiger partial charge in [0.05, 0.1) is 6.54 Å². The van der Waals surface area contributed by atoms with Gasteiger partial charge >= 0.3 is 0 Å². The second-order valence-electron chi connectivity index (χ2n) is 6.76. The summed E-state index contributed by atoms with van der Waals surface area (Å²) in [6.45, 7) is 12.0. The molecular formula is C18H30N2O2. The van der Waals surface area contributed by atoms with E-state index in [1.54, 1.807) is 12.1 Å². The first kappa shape index (κ1) is 18.5. The highest BCUT2D eigenvalue weighted by atomic mass is 16.3. The highest BCUT2D eigenvalue weighted by Crippen LogP contribution is 2.11. The van der Waals surface area contributed by atoms with Crippen LogP contribution in [0.1, 0.15) is 40.2 Å². The molecule has 1 rings (SSSR count). The van der Waals surface area contributed by atoms with Gasteiger partial charge in [-0.25, -0.2) is 0 Å². The summed E-state index contributed by atoms with van der Waals surface area (Å²) < 4.78 is 0. The Labute approximate surface area is 134 Å². The summed E-state index contributed by atoms with van der Waals surface area (Å²) >= 11 is 0. The van der Waals surface area contributed by atoms with Gasteiger partial charge < -0.3 is 10.4 Å². The lowest BCUT2D eigenvalue weighted by atomic mass is 10.1. The maximum Gasteiger partial charge on any atom is 0.234 e. The van der Waals surface area contributed by atoms with E-state index < -0.39 is 0 Å². The number of carbonyl (C=O) groups excluding carboxylic acids is 1. The number of phenols is 1. The molecule has 0 spiro atoms. The minimum Gasteiger partial charge on any atom is -0.508 e. The minimum atomic E-state index is 0.0700. The fourth-order valence-electron chi connectivity index (χ4n) is 2.47. The molecule has 0 aromatic heterocycles. The van der Waals surface area contributed by atoms with Gasteiger partial charge in [-0.1, -0.05) is 26.0 Å². The number of nitrogens with one attached hydrogen (secondary N) is 1. The molecule has 22 heavy (non-hydrogen) atoms. The van der Waals surface area contributed by atoms with E-state index in [1.807, 2.05) is 19.1 Å². The number of hydrogen-bond acceptors (Lipinski definition) is 3. The zero-order chi connectivity index (χ0) is 16.7. The van der Waals surface area contributed by atoms with Crippen LogP contribution in [0.25, 0.3) is 0 Å². The predicted molar refractivity (Wildman–Crippen MR) is 91.0 cm³/mol. The molecular weight excluding hydrogens is 276 g/mol. The van der Waals surface area contributed by atoms with Gasteiger partial charge in [-0.15, -0.1) is 0 Å². The van der Waals surface area contributed by atoms with Crippen LogP contribution in [0.3, 0.4) is 0 Å². The van der Waals surface area contributed by atoms with Crippen molar-refractivity contribution in [2.24, 2.45) is 5.92 Å². The van der Waals surface area contributed by atoms with Gasteiger partial charge in [0.25, 0.3) is 0 Å². The number of phenolic OH excluding ortho intramolecular Hbond substituents is 1. The molecule has 1 aromatic rings. The van der Waals surface area contributed by atoms with Crippen LogP contribution in [0.5, 0.6) is 5.75 Å². The third-order valence-electron chi connectivity index (χ3n) is 3.56. The fraction of sp³-hybridized carbons (Fsp3) is 0.611. The molecule has 0 aliphatic carbocycles. The van der Waals surface area contributed by atoms with Gasteiger partial charge in [-0.2, -0.15) is 0 Å². The van der Waals surface area contributed by atoms with Gasteiger partial charge in [0.1, 0.15) is 5.75 Å². The van der Waals surface area contributed by atoms with E-state index in [4.69, 9.17) is 0 Å². The molecule has 4 heteroatoms. The van der Waals surface area contributed by atoms with Crippen LogP contribution in [0.4, 0.5) is 0 Å². The lowest BCUT2D eigenvalue weighted by Crippen LogP contribution is -2.45. The number of benzene rings is 1. The van der Waals surface area contributed by atoms with Crippen molar-refractivity contribution < 1.29 is 9.90 Å². The second kappa shape index (κ2) is 8.79. The fourth-order valence-corrected chi connectivity index (χ4v) is 2.47. The first-order valence-corrected chi connectivity index (χ1v) is 8.09. The lowest BCUT2D eigenvalue weighted by molar-refractivity contribution is -0.123. The summed E-state index contributed by atoms with van der Waals surface area (Å²) in [6, 6.07) is 7.56. The van der Waals surface area contributed by atoms with Crippen molar-refractivity contribution in [3.8, 4) is 5.75 Å². The first-order chi connectivity index (χ1) is 10.3. The molecule has 1 amide bonds. The molecule has 1 atom stereocenters. The average Bonchev–Trinajstić information content (AvgIpc) is 2.39. The van der Waals surface area contributed by atoms with Crippen LogP contribution < -0.4 is 5.32 Å². The molecule has 0 aliphatic rings. The third kappa shape index (κ3) is 6.94. The van der Waals surface area contributed by atoms with Crippen molar-refractivity contribution >= 4 is 5.91 Å². The number of carbonyl (C=O) groups is 1. The lowest BCUT2D eigenvalue weighted by Gasteiger charge is -2.28. The average molecular weight is 306 g/mol. The van der Waals surface area contributed by atoms with Gasteiger partial charge in [0.15, 0.2) is 0 Å². The molecule has 1 aromatic carbocycles. The van der Waals surface area contributed by atoms with E-state index in [1.165, 1.54) is 0 Å². The molecule has 0 saturated carbocycles. The molecule has 0 fully saturated rings. The van der Waals surface area contributed by atoms with Gasteiger partial charge in [0, 0.05) is 18.6 Å². The molecule has 4 nitrogen and oxygen atoms in total. The summed E-state index contributed by atoms with van der Waals surface area (Å²) in [5.74, 6) is 0.881. The van der Waals surface area contributed by atoms with E-state index in [0.29, 0.717) is 18.5 Å². The number of aromatic hydroxyl groups is 1. The smallest absolute Gasteiger partial charge is 0.234 e. The summed E-state index contributed by atoms with van der Waals surface area (Å²) in [6.07, 6.45) is 0.762. The Bertz CT molecular complexity index is 455. The maximum absolute atomic E-state index is 12.2. The summed E-state index contributed by atoms with van der Waals surface area (Å²) in [5.41, 5.74) is 1.11. The highest BCUT2D eigenvalue weighted by Gasteiger charge is 2.16. The van der Waals surface area contributed by atoms with E-state index in [2.05, 4.69) is 37.9 Å². The standard InChI is InChI=1S/C18H30N2O2/c1-13(2)11-20(14(3)4)12-18(22)19-15(5)10-16-6-8-17(21)9-7-16/h6-9,13-15,21H,10-12H2,1-5H3,(H,19,22)/t15-/m0/s1. The Kier molecular flexibility index (Phi) is 7.39. The molecule has 0 heterocycles. The monoisotopic (exact) mass is 306 g/mol. The zero-order valence-electron chi connectivity index (χ0n) is 14.5. The van der Waals surface area contributed by atoms with Crippen LogP contribution in [0.2, 0.25) is 0 Å². The van der Waals surface area contributed by atoms with Crippen molar-refractivity contribution in [3.63, 3.8) is 0 Å². The summed E-state index contributed by atoms with van der Waals surface area (Å²) in [7, 11) is 0. The molecule has 0 unspecified atom stereocenters.